The summed E-state index contributed by atoms with van der Waals surface area (Å²) in [6.07, 6.45) is 5.76. The maximum absolute atomic E-state index is 12.0. The fourth-order valence-corrected chi connectivity index (χ4v) is 2.78. The minimum absolute atomic E-state index is 0.187. The number of nitrogens with zero attached hydrogens (tertiary/aromatic N) is 2. The molecule has 0 unspecified atom stereocenters. The van der Waals surface area contributed by atoms with E-state index < -0.39 is 0 Å². The number of aromatic amines is 1. The molecular weight excluding hydrogens is 338 g/mol. The van der Waals surface area contributed by atoms with Crippen LogP contribution >= 0.6 is 0 Å². The maximum atomic E-state index is 12.0. The summed E-state index contributed by atoms with van der Waals surface area (Å²) >= 11 is 0. The Bertz CT molecular complexity index is 908. The van der Waals surface area contributed by atoms with Gasteiger partial charge in [0, 0.05) is 37.1 Å². The van der Waals surface area contributed by atoms with Crippen LogP contribution in [0.15, 0.2) is 59.7 Å². The van der Waals surface area contributed by atoms with Gasteiger partial charge >= 0.3 is 0 Å². The molecule has 6 nitrogen and oxygen atoms in total. The molecule has 0 radical (unpaired) electrons. The van der Waals surface area contributed by atoms with Gasteiger partial charge < -0.3 is 10.6 Å². The quantitative estimate of drug-likeness (QED) is 0.508. The van der Waals surface area contributed by atoms with Crippen LogP contribution in [0.2, 0.25) is 0 Å². The second-order valence-corrected chi connectivity index (χ2v) is 6.42. The first-order valence-electron chi connectivity index (χ1n) is 9.29. The SMILES string of the molecule is CCCCNCc1cccc(CNc2nc(-c3ccncc3)cc(=O)[nH]2)c1. The molecule has 6 heteroatoms. The summed E-state index contributed by atoms with van der Waals surface area (Å²) in [5, 5.41) is 6.66. The molecule has 0 atom stereocenters. The zero-order valence-corrected chi connectivity index (χ0v) is 15.5. The zero-order valence-electron chi connectivity index (χ0n) is 15.5. The highest BCUT2D eigenvalue weighted by Gasteiger charge is 2.04. The van der Waals surface area contributed by atoms with Crippen LogP contribution in [0.4, 0.5) is 5.95 Å². The van der Waals surface area contributed by atoms with E-state index in [1.165, 1.54) is 24.5 Å². The topological polar surface area (TPSA) is 82.7 Å². The van der Waals surface area contributed by atoms with E-state index in [0.29, 0.717) is 18.2 Å². The van der Waals surface area contributed by atoms with Crippen LogP contribution in [0, 0.1) is 0 Å². The number of benzene rings is 1. The Hall–Kier alpha value is -2.99. The zero-order chi connectivity index (χ0) is 18.9. The minimum atomic E-state index is -0.187. The van der Waals surface area contributed by atoms with Crippen molar-refractivity contribution >= 4 is 5.95 Å². The average molecular weight is 363 g/mol. The number of H-pyrrole nitrogens is 1. The van der Waals surface area contributed by atoms with Gasteiger partial charge in [0.25, 0.3) is 5.56 Å². The Balaban J connectivity index is 1.65. The van der Waals surface area contributed by atoms with Gasteiger partial charge in [-0.1, -0.05) is 37.6 Å². The van der Waals surface area contributed by atoms with Gasteiger partial charge in [-0.2, -0.15) is 0 Å². The number of rotatable bonds is 9. The van der Waals surface area contributed by atoms with Gasteiger partial charge in [-0.15, -0.1) is 0 Å². The van der Waals surface area contributed by atoms with Crippen molar-refractivity contribution in [2.75, 3.05) is 11.9 Å². The fraction of sp³-hybridized carbons (Fsp3) is 0.286. The molecule has 0 fully saturated rings. The van der Waals surface area contributed by atoms with Crippen LogP contribution in [0.25, 0.3) is 11.3 Å². The van der Waals surface area contributed by atoms with E-state index in [-0.39, 0.29) is 5.56 Å². The van der Waals surface area contributed by atoms with Crippen LogP contribution in [-0.2, 0) is 13.1 Å². The van der Waals surface area contributed by atoms with Crippen LogP contribution in [0.3, 0.4) is 0 Å². The van der Waals surface area contributed by atoms with E-state index in [1.807, 2.05) is 12.1 Å². The summed E-state index contributed by atoms with van der Waals surface area (Å²) in [7, 11) is 0. The first kappa shape index (κ1) is 18.8. The molecule has 0 saturated carbocycles. The number of aromatic nitrogens is 3. The monoisotopic (exact) mass is 363 g/mol. The molecule has 0 bridgehead atoms. The minimum Gasteiger partial charge on any atom is -0.352 e. The van der Waals surface area contributed by atoms with Crippen molar-refractivity contribution in [1.29, 1.82) is 0 Å². The summed E-state index contributed by atoms with van der Waals surface area (Å²) in [4.78, 5) is 23.2. The molecule has 140 valence electrons. The third kappa shape index (κ3) is 5.76. The smallest absolute Gasteiger partial charge is 0.252 e. The van der Waals surface area contributed by atoms with Gasteiger partial charge in [0.2, 0.25) is 5.95 Å². The number of anilines is 1. The van der Waals surface area contributed by atoms with Crippen molar-refractivity contribution in [1.82, 2.24) is 20.3 Å². The highest BCUT2D eigenvalue weighted by atomic mass is 16.1. The van der Waals surface area contributed by atoms with E-state index in [1.54, 1.807) is 12.4 Å². The van der Waals surface area contributed by atoms with Gasteiger partial charge in [-0.25, -0.2) is 4.98 Å². The molecule has 0 aliphatic heterocycles. The normalized spacial score (nSPS) is 10.7. The van der Waals surface area contributed by atoms with E-state index in [9.17, 15) is 4.79 Å². The van der Waals surface area contributed by atoms with Gasteiger partial charge in [0.05, 0.1) is 5.69 Å². The number of pyridine rings is 1. The highest BCUT2D eigenvalue weighted by Crippen LogP contribution is 2.15. The summed E-state index contributed by atoms with van der Waals surface area (Å²) in [6.45, 7) is 4.67. The molecule has 0 saturated heterocycles. The molecule has 2 aromatic heterocycles. The highest BCUT2D eigenvalue weighted by molar-refractivity contribution is 5.59. The first-order chi connectivity index (χ1) is 13.2. The summed E-state index contributed by atoms with van der Waals surface area (Å²) in [5.41, 5.74) is 3.68. The largest absolute Gasteiger partial charge is 0.352 e. The van der Waals surface area contributed by atoms with Crippen molar-refractivity contribution in [3.8, 4) is 11.3 Å². The summed E-state index contributed by atoms with van der Waals surface area (Å²) in [5.74, 6) is 0.459. The number of unbranched alkanes of at least 4 members (excludes halogenated alkanes) is 1. The molecule has 0 amide bonds. The first-order valence-corrected chi connectivity index (χ1v) is 9.29. The third-order valence-corrected chi connectivity index (χ3v) is 4.21. The van der Waals surface area contributed by atoms with Crippen molar-refractivity contribution in [2.45, 2.75) is 32.9 Å². The predicted octanol–water partition coefficient (Wildman–Crippen LogP) is 3.33. The Kier molecular flexibility index (Phi) is 6.71. The van der Waals surface area contributed by atoms with E-state index in [2.05, 4.69) is 56.8 Å². The maximum Gasteiger partial charge on any atom is 0.252 e. The van der Waals surface area contributed by atoms with E-state index in [4.69, 9.17) is 0 Å². The van der Waals surface area contributed by atoms with E-state index >= 15 is 0 Å². The Labute approximate surface area is 159 Å². The van der Waals surface area contributed by atoms with Gasteiger partial charge in [0.1, 0.15) is 0 Å². The van der Waals surface area contributed by atoms with Crippen LogP contribution in [0.1, 0.15) is 30.9 Å². The van der Waals surface area contributed by atoms with Crippen molar-refractivity contribution < 1.29 is 0 Å². The molecule has 2 heterocycles. The Morgan fingerprint density at radius 2 is 1.81 bits per heavy atom. The second-order valence-electron chi connectivity index (χ2n) is 6.42. The molecule has 3 aromatic rings. The fourth-order valence-electron chi connectivity index (χ4n) is 2.78. The molecule has 1 aromatic carbocycles. The van der Waals surface area contributed by atoms with Gasteiger partial charge in [-0.05, 0) is 36.2 Å². The molecular formula is C21H25N5O. The average Bonchev–Trinajstić information content (AvgIpc) is 2.70. The number of hydrogen-bond acceptors (Lipinski definition) is 5. The number of hydrogen-bond donors (Lipinski definition) is 3. The summed E-state index contributed by atoms with van der Waals surface area (Å²) < 4.78 is 0. The predicted molar refractivity (Wildman–Crippen MR) is 108 cm³/mol. The third-order valence-electron chi connectivity index (χ3n) is 4.21. The lowest BCUT2D eigenvalue weighted by molar-refractivity contribution is 0.641. The molecule has 3 N–H and O–H groups in total. The lowest BCUT2D eigenvalue weighted by Gasteiger charge is -2.09. The second kappa shape index (κ2) is 9.64. The van der Waals surface area contributed by atoms with Crippen molar-refractivity contribution in [3.05, 3.63) is 76.3 Å². The van der Waals surface area contributed by atoms with Crippen molar-refractivity contribution in [2.24, 2.45) is 0 Å². The lowest BCUT2D eigenvalue weighted by Crippen LogP contribution is -2.15. The lowest BCUT2D eigenvalue weighted by atomic mass is 10.1. The van der Waals surface area contributed by atoms with Crippen LogP contribution < -0.4 is 16.2 Å². The molecule has 0 aliphatic carbocycles. The van der Waals surface area contributed by atoms with Gasteiger partial charge in [0.15, 0.2) is 0 Å². The van der Waals surface area contributed by atoms with Crippen LogP contribution in [-0.4, -0.2) is 21.5 Å². The molecule has 27 heavy (non-hydrogen) atoms. The Morgan fingerprint density at radius 3 is 2.59 bits per heavy atom. The standard InChI is InChI=1S/C21H25N5O/c1-2-3-9-23-14-16-5-4-6-17(12-16)15-24-21-25-19(13-20(27)26-21)18-7-10-22-11-8-18/h4-8,10-13,23H,2-3,9,14-15H2,1H3,(H2,24,25,26,27). The van der Waals surface area contributed by atoms with Crippen molar-refractivity contribution in [3.63, 3.8) is 0 Å². The molecule has 0 aliphatic rings. The van der Waals surface area contributed by atoms with Crippen LogP contribution in [0.5, 0.6) is 0 Å². The Morgan fingerprint density at radius 1 is 1.04 bits per heavy atom. The summed E-state index contributed by atoms with van der Waals surface area (Å²) in [6, 6.07) is 13.6. The van der Waals surface area contributed by atoms with Gasteiger partial charge in [-0.3, -0.25) is 14.8 Å². The molecule has 3 rings (SSSR count). The number of nitrogens with one attached hydrogen (secondary N) is 3. The molecule has 0 spiro atoms. The van der Waals surface area contributed by atoms with E-state index in [0.717, 1.165) is 24.2 Å².